The van der Waals surface area contributed by atoms with E-state index >= 15 is 0 Å². The number of nitrogens with zero attached hydrogens (tertiary/aromatic N) is 2. The Hall–Kier alpha value is -2.41. The highest BCUT2D eigenvalue weighted by Gasteiger charge is 2.08. The van der Waals surface area contributed by atoms with Gasteiger partial charge in [0.05, 0.1) is 6.26 Å². The van der Waals surface area contributed by atoms with Crippen LogP contribution in [0.2, 0.25) is 0 Å². The van der Waals surface area contributed by atoms with Crippen LogP contribution < -0.4 is 5.32 Å². The van der Waals surface area contributed by atoms with E-state index in [9.17, 15) is 4.79 Å². The summed E-state index contributed by atoms with van der Waals surface area (Å²) >= 11 is 1.67. The summed E-state index contributed by atoms with van der Waals surface area (Å²) in [7, 11) is 0. The van der Waals surface area contributed by atoms with Crippen molar-refractivity contribution in [3.8, 4) is 11.6 Å². The van der Waals surface area contributed by atoms with Crippen LogP contribution in [0.1, 0.15) is 17.1 Å². The third-order valence-corrected chi connectivity index (χ3v) is 4.07. The zero-order chi connectivity index (χ0) is 15.2. The third-order valence-electron chi connectivity index (χ3n) is 3.14. The zero-order valence-corrected chi connectivity index (χ0v) is 12.7. The van der Waals surface area contributed by atoms with E-state index < -0.39 is 0 Å². The second-order valence-corrected chi connectivity index (χ2v) is 5.79. The molecule has 0 fully saturated rings. The van der Waals surface area contributed by atoms with Gasteiger partial charge in [-0.3, -0.25) is 9.89 Å². The number of carbonyl (C=O) groups excluding carboxylic acids is 1. The van der Waals surface area contributed by atoms with Crippen LogP contribution in [0.3, 0.4) is 0 Å². The molecule has 0 radical (unpaired) electrons. The lowest BCUT2D eigenvalue weighted by molar-refractivity contribution is -0.121. The highest BCUT2D eigenvalue weighted by molar-refractivity contribution is 7.09. The topological polar surface area (TPSA) is 83.8 Å². The lowest BCUT2D eigenvalue weighted by Crippen LogP contribution is -2.26. The Bertz CT molecular complexity index is 704. The van der Waals surface area contributed by atoms with Crippen molar-refractivity contribution < 1.29 is 9.21 Å². The molecular weight excluding hydrogens is 300 g/mol. The fourth-order valence-corrected chi connectivity index (χ4v) is 2.73. The first kappa shape index (κ1) is 14.5. The molecule has 0 unspecified atom stereocenters. The quantitative estimate of drug-likeness (QED) is 0.701. The number of aromatic nitrogens is 3. The molecule has 3 rings (SSSR count). The smallest absolute Gasteiger partial charge is 0.220 e. The Labute approximate surface area is 131 Å². The first-order valence-corrected chi connectivity index (χ1v) is 7.93. The van der Waals surface area contributed by atoms with Gasteiger partial charge in [0.1, 0.15) is 5.82 Å². The van der Waals surface area contributed by atoms with Gasteiger partial charge in [-0.1, -0.05) is 6.07 Å². The summed E-state index contributed by atoms with van der Waals surface area (Å²) in [6.07, 6.45) is 3.49. The van der Waals surface area contributed by atoms with Crippen LogP contribution in [0, 0.1) is 0 Å². The minimum atomic E-state index is 0.0548. The number of rotatable bonds is 7. The maximum Gasteiger partial charge on any atom is 0.220 e. The van der Waals surface area contributed by atoms with Gasteiger partial charge in [0, 0.05) is 24.3 Å². The van der Waals surface area contributed by atoms with Crippen LogP contribution in [0.25, 0.3) is 11.6 Å². The summed E-state index contributed by atoms with van der Waals surface area (Å²) in [6.45, 7) is 0.538. The summed E-state index contributed by atoms with van der Waals surface area (Å²) in [4.78, 5) is 17.3. The van der Waals surface area contributed by atoms with E-state index in [0.29, 0.717) is 31.0 Å². The monoisotopic (exact) mass is 316 g/mol. The molecule has 6 nitrogen and oxygen atoms in total. The van der Waals surface area contributed by atoms with Gasteiger partial charge in [-0.25, -0.2) is 4.98 Å². The van der Waals surface area contributed by atoms with E-state index in [2.05, 4.69) is 20.5 Å². The Balaban J connectivity index is 1.40. The van der Waals surface area contributed by atoms with Crippen molar-refractivity contribution in [2.45, 2.75) is 19.3 Å². The fourth-order valence-electron chi connectivity index (χ4n) is 2.02. The highest BCUT2D eigenvalue weighted by atomic mass is 32.1. The molecule has 1 amide bonds. The number of carbonyl (C=O) groups is 1. The molecule has 0 saturated heterocycles. The van der Waals surface area contributed by atoms with Gasteiger partial charge in [-0.2, -0.15) is 5.10 Å². The standard InChI is InChI=1S/C15H16N4O2S/c20-14(6-5-11-3-2-10-22-11)16-8-7-13-17-15(19-18-13)12-4-1-9-21-12/h1-4,9-10H,5-8H2,(H,16,20)(H,17,18,19). The van der Waals surface area contributed by atoms with Crippen LogP contribution in [-0.4, -0.2) is 27.6 Å². The lowest BCUT2D eigenvalue weighted by atomic mass is 10.2. The number of thiophene rings is 1. The van der Waals surface area contributed by atoms with E-state index in [4.69, 9.17) is 4.42 Å². The fraction of sp³-hybridized carbons (Fsp3) is 0.267. The van der Waals surface area contributed by atoms with Gasteiger partial charge in [0.2, 0.25) is 11.7 Å². The predicted molar refractivity (Wildman–Crippen MR) is 83.4 cm³/mol. The highest BCUT2D eigenvalue weighted by Crippen LogP contribution is 2.14. The molecular formula is C15H16N4O2S. The molecule has 22 heavy (non-hydrogen) atoms. The molecule has 0 aromatic carbocycles. The number of amides is 1. The van der Waals surface area contributed by atoms with Gasteiger partial charge in [0.15, 0.2) is 5.76 Å². The Morgan fingerprint density at radius 3 is 3.05 bits per heavy atom. The van der Waals surface area contributed by atoms with E-state index in [1.807, 2.05) is 17.5 Å². The van der Waals surface area contributed by atoms with Crippen molar-refractivity contribution in [1.82, 2.24) is 20.5 Å². The van der Waals surface area contributed by atoms with E-state index in [0.717, 1.165) is 12.2 Å². The Morgan fingerprint density at radius 2 is 2.27 bits per heavy atom. The predicted octanol–water partition coefficient (Wildman–Crippen LogP) is 2.42. The molecule has 3 aromatic rings. The van der Waals surface area contributed by atoms with Crippen molar-refractivity contribution >= 4 is 17.2 Å². The minimum Gasteiger partial charge on any atom is -0.461 e. The summed E-state index contributed by atoms with van der Waals surface area (Å²) in [5, 5.41) is 11.9. The van der Waals surface area contributed by atoms with E-state index in [1.165, 1.54) is 4.88 Å². The normalized spacial score (nSPS) is 10.7. The molecule has 3 aromatic heterocycles. The molecule has 114 valence electrons. The van der Waals surface area contributed by atoms with Gasteiger partial charge in [0.25, 0.3) is 0 Å². The summed E-state index contributed by atoms with van der Waals surface area (Å²) in [6, 6.07) is 7.64. The van der Waals surface area contributed by atoms with Crippen LogP contribution in [0.4, 0.5) is 0 Å². The number of furan rings is 1. The molecule has 0 atom stereocenters. The number of aryl methyl sites for hydroxylation is 1. The molecule has 7 heteroatoms. The van der Waals surface area contributed by atoms with Crippen molar-refractivity contribution in [1.29, 1.82) is 0 Å². The van der Waals surface area contributed by atoms with Crippen LogP contribution in [0.15, 0.2) is 40.3 Å². The second kappa shape index (κ2) is 7.04. The maximum absolute atomic E-state index is 11.8. The third kappa shape index (κ3) is 3.82. The van der Waals surface area contributed by atoms with Crippen LogP contribution in [0.5, 0.6) is 0 Å². The van der Waals surface area contributed by atoms with Crippen LogP contribution >= 0.6 is 11.3 Å². The number of hydrogen-bond acceptors (Lipinski definition) is 5. The second-order valence-electron chi connectivity index (χ2n) is 4.76. The molecule has 0 saturated carbocycles. The first-order valence-electron chi connectivity index (χ1n) is 7.05. The Morgan fingerprint density at radius 1 is 1.32 bits per heavy atom. The van der Waals surface area contributed by atoms with Crippen molar-refractivity contribution in [2.75, 3.05) is 6.54 Å². The summed E-state index contributed by atoms with van der Waals surface area (Å²) in [5.74, 6) is 1.94. The SMILES string of the molecule is O=C(CCc1cccs1)NCCc1nc(-c2ccco2)n[nH]1. The molecule has 0 aliphatic heterocycles. The first-order chi connectivity index (χ1) is 10.8. The van der Waals surface area contributed by atoms with Crippen molar-refractivity contribution in [3.05, 3.63) is 46.6 Å². The maximum atomic E-state index is 11.8. The number of nitrogens with one attached hydrogen (secondary N) is 2. The minimum absolute atomic E-state index is 0.0548. The van der Waals surface area contributed by atoms with Gasteiger partial charge < -0.3 is 9.73 Å². The average molecular weight is 316 g/mol. The summed E-state index contributed by atoms with van der Waals surface area (Å²) < 4.78 is 5.23. The van der Waals surface area contributed by atoms with Crippen molar-refractivity contribution in [2.24, 2.45) is 0 Å². The molecule has 0 aliphatic carbocycles. The average Bonchev–Trinajstić information content (AvgIpc) is 3.26. The van der Waals surface area contributed by atoms with Gasteiger partial charge >= 0.3 is 0 Å². The van der Waals surface area contributed by atoms with Crippen molar-refractivity contribution in [3.63, 3.8) is 0 Å². The number of H-pyrrole nitrogens is 1. The number of aromatic amines is 1. The zero-order valence-electron chi connectivity index (χ0n) is 11.9. The van der Waals surface area contributed by atoms with E-state index in [-0.39, 0.29) is 5.91 Å². The molecule has 0 aliphatic rings. The lowest BCUT2D eigenvalue weighted by Gasteiger charge is -2.02. The van der Waals surface area contributed by atoms with Gasteiger partial charge in [-0.15, -0.1) is 11.3 Å². The van der Waals surface area contributed by atoms with Gasteiger partial charge in [-0.05, 0) is 30.0 Å². The Kier molecular flexibility index (Phi) is 4.65. The molecule has 0 bridgehead atoms. The molecule has 0 spiro atoms. The molecule has 2 N–H and O–H groups in total. The number of hydrogen-bond donors (Lipinski definition) is 2. The molecule has 3 heterocycles. The largest absolute Gasteiger partial charge is 0.461 e. The van der Waals surface area contributed by atoms with E-state index in [1.54, 1.807) is 29.7 Å². The summed E-state index contributed by atoms with van der Waals surface area (Å²) in [5.41, 5.74) is 0. The van der Waals surface area contributed by atoms with Crippen LogP contribution in [-0.2, 0) is 17.6 Å².